The second-order valence-corrected chi connectivity index (χ2v) is 12.5. The summed E-state index contributed by atoms with van der Waals surface area (Å²) in [6.45, 7) is 3.45. The number of carbonyl (C=O) groups is 3. The zero-order valence-corrected chi connectivity index (χ0v) is 25.9. The molecular formula is C29H31F6N3O9S. The fourth-order valence-corrected chi connectivity index (χ4v) is 6.51. The number of para-hydroxylation sites is 1. The van der Waals surface area contributed by atoms with E-state index < -0.39 is 45.5 Å². The normalized spacial score (nSPS) is 16.4. The first kappa shape index (κ1) is 39.7. The maximum absolute atomic E-state index is 13.2. The zero-order valence-electron chi connectivity index (χ0n) is 25.1. The first-order valence-corrected chi connectivity index (χ1v) is 15.4. The van der Waals surface area contributed by atoms with Gasteiger partial charge in [0, 0.05) is 35.0 Å². The third-order valence-electron chi connectivity index (χ3n) is 6.71. The fraction of sp³-hybridized carbons (Fsp3) is 0.379. The van der Waals surface area contributed by atoms with Crippen LogP contribution in [0, 0.1) is 12.3 Å². The monoisotopic (exact) mass is 711 g/mol. The number of pyridine rings is 1. The van der Waals surface area contributed by atoms with Crippen LogP contribution in [0.4, 0.5) is 26.3 Å². The van der Waals surface area contributed by atoms with Crippen LogP contribution in [0.1, 0.15) is 30.5 Å². The zero-order chi connectivity index (χ0) is 36.3. The number of alkyl halides is 6. The number of carboxylic acids is 2. The number of hydroxylamine groups is 1. The molecule has 264 valence electrons. The molecule has 0 radical (unpaired) electrons. The van der Waals surface area contributed by atoms with Crippen molar-refractivity contribution >= 4 is 38.6 Å². The number of halogens is 6. The van der Waals surface area contributed by atoms with Crippen LogP contribution < -0.4 is 15.5 Å². The lowest BCUT2D eigenvalue weighted by Gasteiger charge is -2.36. The molecule has 19 heteroatoms. The van der Waals surface area contributed by atoms with E-state index in [1.165, 1.54) is 12.1 Å². The molecule has 2 aromatic carbocycles. The van der Waals surface area contributed by atoms with E-state index in [4.69, 9.17) is 29.7 Å². The second kappa shape index (κ2) is 16.6. The van der Waals surface area contributed by atoms with Gasteiger partial charge in [-0.15, -0.1) is 0 Å². The van der Waals surface area contributed by atoms with Gasteiger partial charge < -0.3 is 20.3 Å². The van der Waals surface area contributed by atoms with Gasteiger partial charge >= 0.3 is 24.3 Å². The first-order valence-electron chi connectivity index (χ1n) is 13.7. The molecule has 2 heterocycles. The van der Waals surface area contributed by atoms with Crippen LogP contribution in [0.25, 0.3) is 10.9 Å². The highest BCUT2D eigenvalue weighted by Gasteiger charge is 2.40. The number of rotatable bonds is 8. The van der Waals surface area contributed by atoms with Gasteiger partial charge in [-0.05, 0) is 62.7 Å². The number of hydrogen-bond donors (Lipinski definition) is 5. The van der Waals surface area contributed by atoms with Crippen LogP contribution in [0.2, 0.25) is 0 Å². The van der Waals surface area contributed by atoms with E-state index in [0.717, 1.165) is 35.1 Å². The van der Waals surface area contributed by atoms with E-state index in [9.17, 15) is 39.6 Å². The molecule has 12 nitrogen and oxygen atoms in total. The molecule has 0 saturated carbocycles. The Morgan fingerprint density at radius 2 is 1.54 bits per heavy atom. The van der Waals surface area contributed by atoms with Crippen molar-refractivity contribution < 1.29 is 69.3 Å². The largest absolute Gasteiger partial charge is 0.490 e. The van der Waals surface area contributed by atoms with E-state index in [-0.39, 0.29) is 17.1 Å². The van der Waals surface area contributed by atoms with Gasteiger partial charge in [0.15, 0.2) is 9.84 Å². The summed E-state index contributed by atoms with van der Waals surface area (Å²) in [6.07, 6.45) is -8.87. The minimum atomic E-state index is -5.08. The number of nitrogens with one attached hydrogen (secondary N) is 2. The molecule has 4 rings (SSSR count). The molecule has 1 fully saturated rings. The summed E-state index contributed by atoms with van der Waals surface area (Å²) in [5.74, 6) is -5.71. The Hall–Kier alpha value is -4.49. The molecule has 3 aromatic rings. The van der Waals surface area contributed by atoms with Gasteiger partial charge in [0.2, 0.25) is 5.91 Å². The van der Waals surface area contributed by atoms with Gasteiger partial charge in [-0.25, -0.2) is 23.5 Å². The minimum absolute atomic E-state index is 0.0593. The Bertz CT molecular complexity index is 1650. The number of aryl methyl sites for hydroxylation is 1. The highest BCUT2D eigenvalue weighted by molar-refractivity contribution is 7.91. The number of ether oxygens (including phenoxy) is 1. The van der Waals surface area contributed by atoms with Gasteiger partial charge in [0.1, 0.15) is 12.4 Å². The Balaban J connectivity index is 0.000000479. The average molecular weight is 712 g/mol. The fourth-order valence-electron chi connectivity index (χ4n) is 4.64. The van der Waals surface area contributed by atoms with E-state index in [1.54, 1.807) is 17.6 Å². The quantitative estimate of drug-likeness (QED) is 0.126. The van der Waals surface area contributed by atoms with Crippen LogP contribution in [-0.2, 0) is 30.8 Å². The van der Waals surface area contributed by atoms with Crippen LogP contribution in [-0.4, -0.2) is 77.9 Å². The molecule has 1 unspecified atom stereocenters. The van der Waals surface area contributed by atoms with Crippen molar-refractivity contribution in [3.05, 3.63) is 65.9 Å². The van der Waals surface area contributed by atoms with E-state index in [2.05, 4.69) is 10.3 Å². The molecule has 1 aromatic heterocycles. The van der Waals surface area contributed by atoms with Crippen LogP contribution in [0.3, 0.4) is 0 Å². The van der Waals surface area contributed by atoms with Gasteiger partial charge in [-0.3, -0.25) is 15.0 Å². The number of nitrogens with zero attached hydrogens (tertiary/aromatic N) is 1. The van der Waals surface area contributed by atoms with Gasteiger partial charge in [0.05, 0.1) is 16.2 Å². The number of carboxylic acid groups (broad SMARTS) is 2. The van der Waals surface area contributed by atoms with E-state index in [1.807, 2.05) is 37.3 Å². The molecule has 0 bridgehead atoms. The standard InChI is InChI=1S/C25H29N3O5S.2C2HF3O2/c1-18-13-19(22-5-2-3-6-23(22)27-18)15-33-20-7-9-21(10-8-20)34(31,32)17-25(14-24(29)28-30)11-4-12-26-16-25;2*3-2(4,5)1(6)7/h2-3,5-10,13,26,30H,4,11-12,14-17H2,1H3,(H,28,29);2*(H,6,7). The smallest absolute Gasteiger partial charge is 0.489 e. The lowest BCUT2D eigenvalue weighted by atomic mass is 9.79. The Morgan fingerprint density at radius 1 is 0.979 bits per heavy atom. The van der Waals surface area contributed by atoms with E-state index in [0.29, 0.717) is 25.3 Å². The van der Waals surface area contributed by atoms with Crippen molar-refractivity contribution in [3.8, 4) is 5.75 Å². The summed E-state index contributed by atoms with van der Waals surface area (Å²) < 4.78 is 95.8. The summed E-state index contributed by atoms with van der Waals surface area (Å²) in [5, 5.41) is 27.4. The van der Waals surface area contributed by atoms with Gasteiger partial charge in [-0.2, -0.15) is 26.3 Å². The molecule has 0 spiro atoms. The predicted octanol–water partition coefficient (Wildman–Crippen LogP) is 4.43. The maximum Gasteiger partial charge on any atom is 0.490 e. The SMILES string of the molecule is Cc1cc(COc2ccc(S(=O)(=O)CC3(CC(=O)NO)CCCNC3)cc2)c2ccccc2n1.O=C(O)C(F)(F)F.O=C(O)C(F)(F)F. The predicted molar refractivity (Wildman–Crippen MR) is 156 cm³/mol. The van der Waals surface area contributed by atoms with Crippen molar-refractivity contribution in [2.45, 2.75) is 50.0 Å². The lowest BCUT2D eigenvalue weighted by molar-refractivity contribution is -0.193. The number of benzene rings is 2. The third kappa shape index (κ3) is 12.3. The molecule has 1 aliphatic rings. The van der Waals surface area contributed by atoms with Crippen molar-refractivity contribution in [1.29, 1.82) is 0 Å². The Morgan fingerprint density at radius 3 is 2.04 bits per heavy atom. The lowest BCUT2D eigenvalue weighted by Crippen LogP contribution is -2.47. The summed E-state index contributed by atoms with van der Waals surface area (Å²) in [7, 11) is -3.66. The average Bonchev–Trinajstić information content (AvgIpc) is 2.99. The summed E-state index contributed by atoms with van der Waals surface area (Å²) >= 11 is 0. The molecule has 1 atom stereocenters. The van der Waals surface area contributed by atoms with Crippen LogP contribution >= 0.6 is 0 Å². The highest BCUT2D eigenvalue weighted by atomic mass is 32.2. The number of aromatic nitrogens is 1. The highest BCUT2D eigenvalue weighted by Crippen LogP contribution is 2.34. The van der Waals surface area contributed by atoms with Crippen LogP contribution in [0.15, 0.2) is 59.5 Å². The topological polar surface area (TPSA) is 192 Å². The molecule has 1 aliphatic heterocycles. The van der Waals surface area contributed by atoms with Crippen molar-refractivity contribution in [1.82, 2.24) is 15.8 Å². The maximum atomic E-state index is 13.2. The Kier molecular flexibility index (Phi) is 13.7. The number of carbonyl (C=O) groups excluding carboxylic acids is 1. The summed E-state index contributed by atoms with van der Waals surface area (Å²) in [5.41, 5.74) is 3.68. The number of piperidine rings is 1. The molecular weight excluding hydrogens is 680 g/mol. The number of fused-ring (bicyclic) bond motifs is 1. The van der Waals surface area contributed by atoms with Crippen molar-refractivity contribution in [2.24, 2.45) is 5.41 Å². The number of amides is 1. The van der Waals surface area contributed by atoms with Crippen LogP contribution in [0.5, 0.6) is 5.75 Å². The van der Waals surface area contributed by atoms with Gasteiger partial charge in [0.25, 0.3) is 0 Å². The van der Waals surface area contributed by atoms with Crippen molar-refractivity contribution in [2.75, 3.05) is 18.8 Å². The Labute approximate surface area is 269 Å². The molecule has 1 saturated heterocycles. The molecule has 1 amide bonds. The number of aliphatic carboxylic acids is 2. The van der Waals surface area contributed by atoms with E-state index >= 15 is 0 Å². The van der Waals surface area contributed by atoms with Crippen molar-refractivity contribution in [3.63, 3.8) is 0 Å². The first-order chi connectivity index (χ1) is 22.2. The second-order valence-electron chi connectivity index (χ2n) is 10.6. The summed E-state index contributed by atoms with van der Waals surface area (Å²) in [4.78, 5) is 34.4. The molecule has 0 aliphatic carbocycles. The van der Waals surface area contributed by atoms with Gasteiger partial charge in [-0.1, -0.05) is 18.2 Å². The number of sulfone groups is 1. The minimum Gasteiger partial charge on any atom is -0.489 e. The molecule has 48 heavy (non-hydrogen) atoms. The number of hydrogen-bond acceptors (Lipinski definition) is 9. The molecule has 5 N–H and O–H groups in total. The third-order valence-corrected chi connectivity index (χ3v) is 8.69. The summed E-state index contributed by atoms with van der Waals surface area (Å²) in [6, 6.07) is 16.2.